The molecule has 112 valence electrons. The maximum absolute atomic E-state index is 12.4. The van der Waals surface area contributed by atoms with Gasteiger partial charge < -0.3 is 4.74 Å². The largest absolute Gasteiger partial charge is 0.493 e. The molecule has 0 atom stereocenters. The Labute approximate surface area is 127 Å². The lowest BCUT2D eigenvalue weighted by atomic mass is 10.0. The van der Waals surface area contributed by atoms with E-state index in [1.54, 1.807) is 0 Å². The van der Waals surface area contributed by atoms with E-state index in [0.29, 0.717) is 24.2 Å². The average Bonchev–Trinajstić information content (AvgIpc) is 2.36. The van der Waals surface area contributed by atoms with Crippen LogP contribution in [0.3, 0.4) is 0 Å². The van der Waals surface area contributed by atoms with Crippen LogP contribution in [0.5, 0.6) is 5.75 Å². The Morgan fingerprint density at radius 2 is 1.95 bits per heavy atom. The number of ketones is 1. The predicted molar refractivity (Wildman–Crippen MR) is 88.1 cm³/mol. The molecule has 0 saturated carbocycles. The molecule has 0 heterocycles. The van der Waals surface area contributed by atoms with E-state index in [1.807, 2.05) is 36.9 Å². The van der Waals surface area contributed by atoms with Gasteiger partial charge in [0.2, 0.25) is 0 Å². The molecule has 0 aromatic heterocycles. The Morgan fingerprint density at radius 3 is 2.55 bits per heavy atom. The summed E-state index contributed by atoms with van der Waals surface area (Å²) >= 11 is 1.82. The van der Waals surface area contributed by atoms with E-state index < -0.39 is 0 Å². The molecule has 3 heteroatoms. The van der Waals surface area contributed by atoms with Crippen molar-refractivity contribution in [1.29, 1.82) is 0 Å². The number of rotatable bonds is 8. The van der Waals surface area contributed by atoms with E-state index in [9.17, 15) is 4.79 Å². The summed E-state index contributed by atoms with van der Waals surface area (Å²) in [5.74, 6) is 2.23. The molecule has 0 fully saturated rings. The van der Waals surface area contributed by atoms with Crippen LogP contribution in [0.15, 0.2) is 18.2 Å². The molecule has 0 aliphatic carbocycles. The average molecular weight is 294 g/mol. The SMILES string of the molecule is Cc1ccc(OCC(C)C)c(C(=O)CCSC(C)C)c1. The fourth-order valence-electron chi connectivity index (χ4n) is 1.77. The second-order valence-electron chi connectivity index (χ2n) is 5.80. The van der Waals surface area contributed by atoms with Gasteiger partial charge in [0.1, 0.15) is 5.75 Å². The van der Waals surface area contributed by atoms with Gasteiger partial charge in [-0.15, -0.1) is 0 Å². The third-order valence-corrected chi connectivity index (χ3v) is 3.89. The summed E-state index contributed by atoms with van der Waals surface area (Å²) in [5.41, 5.74) is 1.83. The quantitative estimate of drug-likeness (QED) is 0.648. The highest BCUT2D eigenvalue weighted by atomic mass is 32.2. The monoisotopic (exact) mass is 294 g/mol. The van der Waals surface area contributed by atoms with Crippen LogP contribution < -0.4 is 4.74 Å². The molecular weight excluding hydrogens is 268 g/mol. The van der Waals surface area contributed by atoms with Gasteiger partial charge in [0, 0.05) is 12.2 Å². The third kappa shape index (κ3) is 6.00. The normalized spacial score (nSPS) is 11.2. The second kappa shape index (κ2) is 8.35. The van der Waals surface area contributed by atoms with Gasteiger partial charge in [0.05, 0.1) is 12.2 Å². The highest BCUT2D eigenvalue weighted by molar-refractivity contribution is 7.99. The van der Waals surface area contributed by atoms with Crippen molar-refractivity contribution < 1.29 is 9.53 Å². The van der Waals surface area contributed by atoms with Crippen molar-refractivity contribution in [1.82, 2.24) is 0 Å². The maximum Gasteiger partial charge on any atom is 0.167 e. The lowest BCUT2D eigenvalue weighted by Gasteiger charge is -2.13. The molecule has 0 radical (unpaired) electrons. The molecule has 0 unspecified atom stereocenters. The molecule has 0 amide bonds. The summed E-state index contributed by atoms with van der Waals surface area (Å²) in [6.07, 6.45) is 0.574. The number of ether oxygens (including phenoxy) is 1. The van der Waals surface area contributed by atoms with Crippen LogP contribution >= 0.6 is 11.8 Å². The van der Waals surface area contributed by atoms with E-state index in [2.05, 4.69) is 27.7 Å². The Balaban J connectivity index is 2.74. The zero-order valence-corrected chi connectivity index (χ0v) is 14.0. The van der Waals surface area contributed by atoms with Crippen molar-refractivity contribution in [3.63, 3.8) is 0 Å². The number of aryl methyl sites for hydroxylation is 1. The zero-order chi connectivity index (χ0) is 15.1. The second-order valence-corrected chi connectivity index (χ2v) is 7.48. The van der Waals surface area contributed by atoms with Crippen molar-refractivity contribution >= 4 is 17.5 Å². The number of benzene rings is 1. The van der Waals surface area contributed by atoms with E-state index >= 15 is 0 Å². The first kappa shape index (κ1) is 17.1. The van der Waals surface area contributed by atoms with Gasteiger partial charge in [-0.1, -0.05) is 39.3 Å². The molecule has 20 heavy (non-hydrogen) atoms. The van der Waals surface area contributed by atoms with Crippen LogP contribution in [0.25, 0.3) is 0 Å². The van der Waals surface area contributed by atoms with E-state index in [-0.39, 0.29) is 5.78 Å². The van der Waals surface area contributed by atoms with Gasteiger partial charge in [-0.3, -0.25) is 4.79 Å². The van der Waals surface area contributed by atoms with Gasteiger partial charge in [-0.2, -0.15) is 11.8 Å². The predicted octanol–water partition coefficient (Wildman–Crippen LogP) is 4.74. The van der Waals surface area contributed by atoms with E-state index in [0.717, 1.165) is 22.6 Å². The maximum atomic E-state index is 12.4. The summed E-state index contributed by atoms with van der Waals surface area (Å²) in [5, 5.41) is 0.567. The Kier molecular flexibility index (Phi) is 7.14. The number of carbonyl (C=O) groups excluding carboxylic acids is 1. The topological polar surface area (TPSA) is 26.3 Å². The van der Waals surface area contributed by atoms with Gasteiger partial charge >= 0.3 is 0 Å². The van der Waals surface area contributed by atoms with Gasteiger partial charge in [0.25, 0.3) is 0 Å². The van der Waals surface area contributed by atoms with E-state index in [4.69, 9.17) is 4.74 Å². The van der Waals surface area contributed by atoms with Crippen LogP contribution in [0.2, 0.25) is 0 Å². The smallest absolute Gasteiger partial charge is 0.167 e. The van der Waals surface area contributed by atoms with Crippen molar-refractivity contribution in [2.24, 2.45) is 5.92 Å². The molecule has 0 aliphatic rings. The van der Waals surface area contributed by atoms with E-state index in [1.165, 1.54) is 0 Å². The molecule has 1 aromatic rings. The van der Waals surface area contributed by atoms with Crippen LogP contribution in [-0.4, -0.2) is 23.4 Å². The fourth-order valence-corrected chi connectivity index (χ4v) is 2.54. The van der Waals surface area contributed by atoms with Crippen molar-refractivity contribution in [3.05, 3.63) is 29.3 Å². The molecule has 0 spiro atoms. The summed E-state index contributed by atoms with van der Waals surface area (Å²) in [6, 6.07) is 5.86. The zero-order valence-electron chi connectivity index (χ0n) is 13.2. The molecular formula is C17H26O2S. The molecule has 0 saturated heterocycles. The first-order chi connectivity index (χ1) is 9.40. The first-order valence-electron chi connectivity index (χ1n) is 7.28. The number of carbonyl (C=O) groups is 1. The minimum atomic E-state index is 0.181. The fraction of sp³-hybridized carbons (Fsp3) is 0.588. The van der Waals surface area contributed by atoms with Crippen molar-refractivity contribution in [2.75, 3.05) is 12.4 Å². The van der Waals surface area contributed by atoms with Crippen molar-refractivity contribution in [2.45, 2.75) is 46.3 Å². The lowest BCUT2D eigenvalue weighted by Crippen LogP contribution is -2.10. The first-order valence-corrected chi connectivity index (χ1v) is 8.33. The molecule has 0 bridgehead atoms. The van der Waals surface area contributed by atoms with Crippen LogP contribution in [-0.2, 0) is 0 Å². The summed E-state index contributed by atoms with van der Waals surface area (Å²) in [4.78, 5) is 12.4. The van der Waals surface area contributed by atoms with Gasteiger partial charge in [0.15, 0.2) is 5.78 Å². The van der Waals surface area contributed by atoms with Gasteiger partial charge in [-0.25, -0.2) is 0 Å². The molecule has 1 aromatic carbocycles. The Bertz CT molecular complexity index is 439. The highest BCUT2D eigenvalue weighted by Crippen LogP contribution is 2.23. The number of hydrogen-bond acceptors (Lipinski definition) is 3. The minimum absolute atomic E-state index is 0.181. The van der Waals surface area contributed by atoms with Gasteiger partial charge in [-0.05, 0) is 30.2 Å². The summed E-state index contributed by atoms with van der Waals surface area (Å²) in [7, 11) is 0. The summed E-state index contributed by atoms with van der Waals surface area (Å²) in [6.45, 7) is 11.2. The third-order valence-electron chi connectivity index (χ3n) is 2.79. The molecule has 2 nitrogen and oxygen atoms in total. The number of Topliss-reactive ketones (excluding diaryl/α,β-unsaturated/α-hetero) is 1. The van der Waals surface area contributed by atoms with Crippen LogP contribution in [0, 0.1) is 12.8 Å². The minimum Gasteiger partial charge on any atom is -0.493 e. The lowest BCUT2D eigenvalue weighted by molar-refractivity contribution is 0.0984. The number of hydrogen-bond donors (Lipinski definition) is 0. The van der Waals surface area contributed by atoms with Crippen LogP contribution in [0.4, 0.5) is 0 Å². The standard InChI is InChI=1S/C17H26O2S/c1-12(2)11-19-17-7-6-14(5)10-15(17)16(18)8-9-20-13(3)4/h6-7,10,12-13H,8-9,11H2,1-5H3. The Hall–Kier alpha value is -0.960. The van der Waals surface area contributed by atoms with Crippen LogP contribution in [0.1, 0.15) is 50.0 Å². The number of thioether (sulfide) groups is 1. The summed E-state index contributed by atoms with van der Waals surface area (Å²) < 4.78 is 5.77. The molecule has 0 aliphatic heterocycles. The Morgan fingerprint density at radius 1 is 1.25 bits per heavy atom. The highest BCUT2D eigenvalue weighted by Gasteiger charge is 2.13. The molecule has 0 N–H and O–H groups in total. The van der Waals surface area contributed by atoms with Crippen molar-refractivity contribution in [3.8, 4) is 5.75 Å². The molecule has 1 rings (SSSR count).